The zero-order chi connectivity index (χ0) is 13.1. The average Bonchev–Trinajstić information content (AvgIpc) is 3.13. The van der Waals surface area contributed by atoms with Crippen molar-refractivity contribution in [1.29, 1.82) is 0 Å². The van der Waals surface area contributed by atoms with E-state index in [1.807, 2.05) is 0 Å². The fourth-order valence-electron chi connectivity index (χ4n) is 2.27. The normalized spacial score (nSPS) is 23.2. The van der Waals surface area contributed by atoms with Gasteiger partial charge in [-0.2, -0.15) is 15.4 Å². The smallest absolute Gasteiger partial charge is 0.273 e. The Hall–Kier alpha value is -2.22. The number of carbonyl (C=O) groups excluding carboxylic acids is 1. The van der Waals surface area contributed by atoms with Crippen molar-refractivity contribution in [3.05, 3.63) is 30.2 Å². The molecule has 0 radical (unpaired) electrons. The van der Waals surface area contributed by atoms with E-state index in [1.165, 1.54) is 12.6 Å². The molecule has 2 aromatic rings. The molecule has 2 aromatic heterocycles. The lowest BCUT2D eigenvalue weighted by atomic mass is 9.94. The quantitative estimate of drug-likeness (QED) is 0.698. The Morgan fingerprint density at radius 3 is 3.11 bits per heavy atom. The second-order valence-corrected chi connectivity index (χ2v) is 4.52. The van der Waals surface area contributed by atoms with Gasteiger partial charge in [-0.3, -0.25) is 4.79 Å². The van der Waals surface area contributed by atoms with Gasteiger partial charge in [-0.15, -0.1) is 0 Å². The molecule has 0 saturated carbocycles. The summed E-state index contributed by atoms with van der Waals surface area (Å²) in [6, 6.07) is 0.0352. The van der Waals surface area contributed by atoms with Crippen molar-refractivity contribution in [3.8, 4) is 0 Å². The van der Waals surface area contributed by atoms with Crippen LogP contribution in [0.1, 0.15) is 28.6 Å². The molecular weight excluding hydrogens is 248 g/mol. The molecule has 0 aliphatic carbocycles. The molecule has 1 amide bonds. The number of oxazole rings is 1. The number of rotatable bonds is 3. The van der Waals surface area contributed by atoms with E-state index in [-0.39, 0.29) is 17.9 Å². The van der Waals surface area contributed by atoms with E-state index in [9.17, 15) is 4.79 Å². The van der Waals surface area contributed by atoms with Gasteiger partial charge in [0.05, 0.1) is 12.4 Å². The molecule has 3 N–H and O–H groups in total. The number of hydrogen-bond donors (Lipinski definition) is 3. The summed E-state index contributed by atoms with van der Waals surface area (Å²) < 4.78 is 5.31. The van der Waals surface area contributed by atoms with Crippen molar-refractivity contribution < 1.29 is 9.21 Å². The molecule has 2 atom stereocenters. The summed E-state index contributed by atoms with van der Waals surface area (Å²) in [7, 11) is 0. The Balaban J connectivity index is 1.61. The highest BCUT2D eigenvalue weighted by Crippen LogP contribution is 2.22. The van der Waals surface area contributed by atoms with E-state index < -0.39 is 0 Å². The lowest BCUT2D eigenvalue weighted by Gasteiger charge is -2.29. The zero-order valence-corrected chi connectivity index (χ0v) is 10.2. The number of aromatic nitrogens is 4. The summed E-state index contributed by atoms with van der Waals surface area (Å²) in [6.45, 7) is 1.56. The van der Waals surface area contributed by atoms with E-state index in [2.05, 4.69) is 31.0 Å². The summed E-state index contributed by atoms with van der Waals surface area (Å²) in [5, 5.41) is 16.0. The zero-order valence-electron chi connectivity index (χ0n) is 10.2. The van der Waals surface area contributed by atoms with E-state index in [0.717, 1.165) is 25.3 Å². The molecule has 3 heterocycles. The van der Waals surface area contributed by atoms with Crippen LogP contribution in [0.3, 0.4) is 0 Å². The van der Waals surface area contributed by atoms with Crippen LogP contribution in [0, 0.1) is 0 Å². The van der Waals surface area contributed by atoms with Crippen LogP contribution in [0.4, 0.5) is 0 Å². The fraction of sp³-hybridized carbons (Fsp3) is 0.455. The van der Waals surface area contributed by atoms with Crippen molar-refractivity contribution in [2.45, 2.75) is 18.4 Å². The highest BCUT2D eigenvalue weighted by atomic mass is 16.3. The Morgan fingerprint density at radius 1 is 1.42 bits per heavy atom. The second kappa shape index (κ2) is 5.19. The third-order valence-electron chi connectivity index (χ3n) is 3.19. The van der Waals surface area contributed by atoms with Crippen LogP contribution in [0.5, 0.6) is 0 Å². The predicted octanol–water partition coefficient (Wildman–Crippen LogP) is -0.332. The van der Waals surface area contributed by atoms with Crippen LogP contribution in [0.2, 0.25) is 0 Å². The van der Waals surface area contributed by atoms with E-state index in [0.29, 0.717) is 5.69 Å². The first-order valence-electron chi connectivity index (χ1n) is 6.08. The van der Waals surface area contributed by atoms with Crippen molar-refractivity contribution in [3.63, 3.8) is 0 Å². The van der Waals surface area contributed by atoms with Crippen molar-refractivity contribution in [1.82, 2.24) is 31.0 Å². The molecule has 8 nitrogen and oxygen atoms in total. The molecule has 1 saturated heterocycles. The minimum absolute atomic E-state index is 0.0352. The predicted molar refractivity (Wildman–Crippen MR) is 64.4 cm³/mol. The number of aromatic amines is 1. The monoisotopic (exact) mass is 262 g/mol. The number of amides is 1. The maximum absolute atomic E-state index is 11.9. The molecular formula is C11H14N6O2. The minimum atomic E-state index is -0.223. The molecule has 0 aromatic carbocycles. The molecule has 1 aliphatic heterocycles. The van der Waals surface area contributed by atoms with E-state index >= 15 is 0 Å². The third kappa shape index (κ3) is 2.63. The number of hydrogen-bond acceptors (Lipinski definition) is 6. The van der Waals surface area contributed by atoms with Crippen LogP contribution >= 0.6 is 0 Å². The lowest BCUT2D eigenvalue weighted by Crippen LogP contribution is -2.48. The first-order valence-corrected chi connectivity index (χ1v) is 6.08. The molecule has 19 heavy (non-hydrogen) atoms. The highest BCUT2D eigenvalue weighted by Gasteiger charge is 2.26. The van der Waals surface area contributed by atoms with Crippen molar-refractivity contribution in [2.24, 2.45) is 0 Å². The minimum Gasteiger partial charge on any atom is -0.448 e. The van der Waals surface area contributed by atoms with Gasteiger partial charge in [-0.05, 0) is 6.42 Å². The van der Waals surface area contributed by atoms with Gasteiger partial charge >= 0.3 is 0 Å². The Labute approximate surface area is 109 Å². The average molecular weight is 262 g/mol. The lowest BCUT2D eigenvalue weighted by molar-refractivity contribution is 0.0922. The van der Waals surface area contributed by atoms with Gasteiger partial charge in [-0.1, -0.05) is 0 Å². The van der Waals surface area contributed by atoms with Gasteiger partial charge in [0.1, 0.15) is 5.76 Å². The molecule has 1 aliphatic rings. The second-order valence-electron chi connectivity index (χ2n) is 4.52. The number of carbonyl (C=O) groups is 1. The van der Waals surface area contributed by atoms with Crippen LogP contribution in [-0.2, 0) is 0 Å². The topological polar surface area (TPSA) is 109 Å². The summed E-state index contributed by atoms with van der Waals surface area (Å²) in [5.74, 6) is 0.838. The Bertz CT molecular complexity index is 523. The molecule has 8 heteroatoms. The van der Waals surface area contributed by atoms with Crippen LogP contribution < -0.4 is 10.6 Å². The van der Waals surface area contributed by atoms with Gasteiger partial charge in [-0.25, -0.2) is 4.98 Å². The molecule has 0 bridgehead atoms. The first kappa shape index (κ1) is 11.8. The Kier molecular flexibility index (Phi) is 3.23. The number of nitrogens with zero attached hydrogens (tertiary/aromatic N) is 3. The van der Waals surface area contributed by atoms with Crippen LogP contribution in [0.25, 0.3) is 0 Å². The molecule has 100 valence electrons. The van der Waals surface area contributed by atoms with Gasteiger partial charge in [0, 0.05) is 25.0 Å². The fourth-order valence-corrected chi connectivity index (χ4v) is 2.27. The van der Waals surface area contributed by atoms with E-state index in [4.69, 9.17) is 4.42 Å². The maximum Gasteiger partial charge on any atom is 0.273 e. The van der Waals surface area contributed by atoms with Crippen LogP contribution in [-0.4, -0.2) is 45.4 Å². The summed E-state index contributed by atoms with van der Waals surface area (Å²) in [6.07, 6.45) is 5.35. The van der Waals surface area contributed by atoms with E-state index in [1.54, 1.807) is 6.20 Å². The summed E-state index contributed by atoms with van der Waals surface area (Å²) >= 11 is 0. The molecule has 0 spiro atoms. The maximum atomic E-state index is 11.9. The first-order chi connectivity index (χ1) is 9.33. The molecule has 1 fully saturated rings. The largest absolute Gasteiger partial charge is 0.448 e. The standard InChI is InChI=1S/C11H14N6O2/c18-11(9-4-14-17-16-9)15-8-1-7(2-12-3-8)10-5-13-6-19-10/h4-8,12H,1-3H2,(H,15,18)(H,14,16,17)/t7?,8-/m0/s1. The van der Waals surface area contributed by atoms with Crippen LogP contribution in [0.15, 0.2) is 23.2 Å². The van der Waals surface area contributed by atoms with Gasteiger partial charge in [0.15, 0.2) is 12.1 Å². The number of H-pyrrole nitrogens is 1. The summed E-state index contributed by atoms with van der Waals surface area (Å²) in [5.41, 5.74) is 0.293. The van der Waals surface area contributed by atoms with Gasteiger partial charge in [0.25, 0.3) is 5.91 Å². The van der Waals surface area contributed by atoms with Gasteiger partial charge < -0.3 is 15.1 Å². The Morgan fingerprint density at radius 2 is 2.37 bits per heavy atom. The summed E-state index contributed by atoms with van der Waals surface area (Å²) in [4.78, 5) is 15.8. The molecule has 1 unspecified atom stereocenters. The number of nitrogens with one attached hydrogen (secondary N) is 3. The third-order valence-corrected chi connectivity index (χ3v) is 3.19. The van der Waals surface area contributed by atoms with Gasteiger partial charge in [0.2, 0.25) is 0 Å². The highest BCUT2D eigenvalue weighted by molar-refractivity contribution is 5.92. The van der Waals surface area contributed by atoms with Crippen molar-refractivity contribution in [2.75, 3.05) is 13.1 Å². The van der Waals surface area contributed by atoms with Crippen molar-refractivity contribution >= 4 is 5.91 Å². The molecule has 3 rings (SSSR count). The SMILES string of the molecule is O=C(N[C@@H]1CNCC(c2cnco2)C1)c1cn[nH]n1. The number of piperidine rings is 1.